The van der Waals surface area contributed by atoms with Crippen LogP contribution in [0.2, 0.25) is 0 Å². The van der Waals surface area contributed by atoms with Gasteiger partial charge < -0.3 is 14.6 Å². The van der Waals surface area contributed by atoms with Crippen LogP contribution in [0, 0.1) is 5.82 Å². The molecule has 1 aliphatic rings. The fourth-order valence-corrected chi connectivity index (χ4v) is 3.98. The first kappa shape index (κ1) is 22.0. The number of hydrogen-bond acceptors (Lipinski definition) is 4. The third kappa shape index (κ3) is 3.46. The second kappa shape index (κ2) is 7.44. The first-order valence-corrected chi connectivity index (χ1v) is 9.84. The number of imidazole rings is 1. The molecule has 3 aromatic rings. The van der Waals surface area contributed by atoms with Gasteiger partial charge in [-0.2, -0.15) is 18.3 Å². The second-order valence-electron chi connectivity index (χ2n) is 8.08. The standard InChI is InChI=1S/C21H21F4N5O2/c1-12-10-29(11-14-9-26-19(30(12)14)20(2,32)21(23,24)25)18(31)13-4-5-16(22)15(8-13)17-6-7-27-28(17)3/h4-9,12,32H,10-11H2,1-3H3/t12-,20+/m0/s1. The van der Waals surface area contributed by atoms with Crippen molar-refractivity contribution in [2.24, 2.45) is 7.05 Å². The fourth-order valence-electron chi connectivity index (χ4n) is 3.98. The molecule has 0 spiro atoms. The molecule has 1 amide bonds. The molecule has 3 heterocycles. The zero-order chi connectivity index (χ0) is 23.4. The monoisotopic (exact) mass is 451 g/mol. The molecule has 2 atom stereocenters. The van der Waals surface area contributed by atoms with E-state index in [1.54, 1.807) is 20.0 Å². The Bertz CT molecular complexity index is 1180. The molecule has 0 fully saturated rings. The molecule has 0 unspecified atom stereocenters. The Hall–Kier alpha value is -3.21. The Morgan fingerprint density at radius 1 is 1.25 bits per heavy atom. The van der Waals surface area contributed by atoms with Crippen LogP contribution in [0.3, 0.4) is 0 Å². The van der Waals surface area contributed by atoms with Crippen molar-refractivity contribution in [2.75, 3.05) is 6.54 Å². The summed E-state index contributed by atoms with van der Waals surface area (Å²) in [4.78, 5) is 18.4. The number of aliphatic hydroxyl groups is 1. The number of benzene rings is 1. The summed E-state index contributed by atoms with van der Waals surface area (Å²) in [6.07, 6.45) is -2.15. The predicted molar refractivity (Wildman–Crippen MR) is 106 cm³/mol. The lowest BCUT2D eigenvalue weighted by Gasteiger charge is -2.36. The summed E-state index contributed by atoms with van der Waals surface area (Å²) in [5.74, 6) is -1.41. The van der Waals surface area contributed by atoms with Crippen molar-refractivity contribution in [3.05, 3.63) is 59.6 Å². The van der Waals surface area contributed by atoms with E-state index in [2.05, 4.69) is 10.1 Å². The van der Waals surface area contributed by atoms with Crippen LogP contribution in [0.4, 0.5) is 17.6 Å². The first-order chi connectivity index (χ1) is 14.9. The topological polar surface area (TPSA) is 76.2 Å². The molecule has 32 heavy (non-hydrogen) atoms. The maximum absolute atomic E-state index is 14.4. The molecule has 1 N–H and O–H groups in total. The highest BCUT2D eigenvalue weighted by Gasteiger charge is 2.55. The summed E-state index contributed by atoms with van der Waals surface area (Å²) >= 11 is 0. The van der Waals surface area contributed by atoms with Crippen molar-refractivity contribution in [2.45, 2.75) is 38.2 Å². The Labute approximate surface area is 180 Å². The van der Waals surface area contributed by atoms with Crippen LogP contribution in [0.5, 0.6) is 0 Å². The van der Waals surface area contributed by atoms with Gasteiger partial charge in [0.1, 0.15) is 5.82 Å². The van der Waals surface area contributed by atoms with Gasteiger partial charge in [-0.05, 0) is 38.1 Å². The van der Waals surface area contributed by atoms with Crippen molar-refractivity contribution in [1.29, 1.82) is 0 Å². The number of aromatic nitrogens is 4. The van der Waals surface area contributed by atoms with E-state index in [1.165, 1.54) is 44.7 Å². The Morgan fingerprint density at radius 3 is 2.59 bits per heavy atom. The van der Waals surface area contributed by atoms with Crippen LogP contribution in [-0.2, 0) is 19.2 Å². The lowest BCUT2D eigenvalue weighted by molar-refractivity contribution is -0.263. The Morgan fingerprint density at radius 2 is 1.97 bits per heavy atom. The number of alkyl halides is 3. The van der Waals surface area contributed by atoms with Crippen LogP contribution in [0.1, 0.15) is 41.8 Å². The molecule has 2 aromatic heterocycles. The zero-order valence-corrected chi connectivity index (χ0v) is 17.6. The predicted octanol–water partition coefficient (Wildman–Crippen LogP) is 3.41. The van der Waals surface area contributed by atoms with Gasteiger partial charge >= 0.3 is 6.18 Å². The molecule has 0 bridgehead atoms. The highest BCUT2D eigenvalue weighted by atomic mass is 19.4. The summed E-state index contributed by atoms with van der Waals surface area (Å²) in [5.41, 5.74) is -1.80. The molecule has 0 saturated heterocycles. The number of carbonyl (C=O) groups is 1. The Kier molecular flexibility index (Phi) is 5.11. The number of carbonyl (C=O) groups excluding carboxylic acids is 1. The van der Waals surface area contributed by atoms with Gasteiger partial charge in [0.25, 0.3) is 5.91 Å². The van der Waals surface area contributed by atoms with Crippen LogP contribution in [0.25, 0.3) is 11.3 Å². The maximum Gasteiger partial charge on any atom is 0.424 e. The fraction of sp³-hybridized carbons (Fsp3) is 0.381. The number of rotatable bonds is 3. The van der Waals surface area contributed by atoms with Gasteiger partial charge in [0.2, 0.25) is 5.60 Å². The normalized spacial score (nSPS) is 18.4. The minimum Gasteiger partial charge on any atom is -0.374 e. The third-order valence-electron chi connectivity index (χ3n) is 5.74. The molecule has 170 valence electrons. The molecule has 0 aliphatic carbocycles. The highest BCUT2D eigenvalue weighted by Crippen LogP contribution is 2.40. The van der Waals surface area contributed by atoms with Gasteiger partial charge in [0.15, 0.2) is 5.82 Å². The molecule has 7 nitrogen and oxygen atoms in total. The SMILES string of the molecule is C[C@H]1CN(C(=O)c2ccc(F)c(-c3ccnn3C)c2)Cc2cnc([C@@](C)(O)C(F)(F)F)n21. The van der Waals surface area contributed by atoms with E-state index in [0.717, 1.165) is 0 Å². The average molecular weight is 451 g/mol. The average Bonchev–Trinajstić information content (AvgIpc) is 3.33. The largest absolute Gasteiger partial charge is 0.424 e. The van der Waals surface area contributed by atoms with Crippen molar-refractivity contribution in [1.82, 2.24) is 24.2 Å². The summed E-state index contributed by atoms with van der Waals surface area (Å²) in [6.45, 7) is 2.40. The second-order valence-corrected chi connectivity index (χ2v) is 8.08. The van der Waals surface area contributed by atoms with Crippen molar-refractivity contribution in [3.63, 3.8) is 0 Å². The number of halogens is 4. The summed E-state index contributed by atoms with van der Waals surface area (Å²) in [5, 5.41) is 14.1. The van der Waals surface area contributed by atoms with E-state index in [-0.39, 0.29) is 24.2 Å². The van der Waals surface area contributed by atoms with E-state index in [0.29, 0.717) is 18.3 Å². The summed E-state index contributed by atoms with van der Waals surface area (Å²) < 4.78 is 57.2. The molecule has 1 aromatic carbocycles. The van der Waals surface area contributed by atoms with Crippen molar-refractivity contribution in [3.8, 4) is 11.3 Å². The number of hydrogen-bond donors (Lipinski definition) is 1. The van der Waals surface area contributed by atoms with Crippen LogP contribution < -0.4 is 0 Å². The van der Waals surface area contributed by atoms with Gasteiger partial charge in [-0.25, -0.2) is 9.37 Å². The lowest BCUT2D eigenvalue weighted by atomic mass is 10.0. The molecule has 0 radical (unpaired) electrons. The molecular weight excluding hydrogens is 430 g/mol. The number of fused-ring (bicyclic) bond motifs is 1. The molecular formula is C21H21F4N5O2. The quantitative estimate of drug-likeness (QED) is 0.620. The van der Waals surface area contributed by atoms with E-state index < -0.39 is 35.4 Å². The lowest BCUT2D eigenvalue weighted by Crippen LogP contribution is -2.45. The number of nitrogens with zero attached hydrogens (tertiary/aromatic N) is 5. The smallest absolute Gasteiger partial charge is 0.374 e. The molecule has 1 aliphatic heterocycles. The zero-order valence-electron chi connectivity index (χ0n) is 17.6. The summed E-state index contributed by atoms with van der Waals surface area (Å²) in [7, 11) is 1.66. The van der Waals surface area contributed by atoms with Crippen LogP contribution in [0.15, 0.2) is 36.7 Å². The highest BCUT2D eigenvalue weighted by molar-refractivity contribution is 5.95. The molecule has 11 heteroatoms. The third-order valence-corrected chi connectivity index (χ3v) is 5.74. The van der Waals surface area contributed by atoms with Crippen molar-refractivity contribution < 1.29 is 27.5 Å². The number of aryl methyl sites for hydroxylation is 1. The van der Waals surface area contributed by atoms with E-state index in [1.807, 2.05) is 0 Å². The number of amides is 1. The molecule has 4 rings (SSSR count). The van der Waals surface area contributed by atoms with Gasteiger partial charge in [0, 0.05) is 30.9 Å². The van der Waals surface area contributed by atoms with E-state index in [4.69, 9.17) is 0 Å². The van der Waals surface area contributed by atoms with Gasteiger partial charge in [0.05, 0.1) is 30.2 Å². The van der Waals surface area contributed by atoms with Crippen molar-refractivity contribution >= 4 is 5.91 Å². The summed E-state index contributed by atoms with van der Waals surface area (Å²) in [6, 6.07) is 5.07. The first-order valence-electron chi connectivity index (χ1n) is 9.84. The van der Waals surface area contributed by atoms with E-state index >= 15 is 0 Å². The Balaban J connectivity index is 1.65. The van der Waals surface area contributed by atoms with Gasteiger partial charge in [-0.15, -0.1) is 0 Å². The van der Waals surface area contributed by atoms with E-state index in [9.17, 15) is 27.5 Å². The minimum atomic E-state index is -4.90. The van der Waals surface area contributed by atoms with Gasteiger partial charge in [-0.3, -0.25) is 9.48 Å². The molecule has 0 saturated carbocycles. The van der Waals surface area contributed by atoms with Crippen LogP contribution in [-0.4, -0.2) is 48.0 Å². The van der Waals surface area contributed by atoms with Crippen LogP contribution >= 0.6 is 0 Å². The minimum absolute atomic E-state index is 0.00251. The van der Waals surface area contributed by atoms with Gasteiger partial charge in [-0.1, -0.05) is 0 Å². The maximum atomic E-state index is 14.4.